The lowest BCUT2D eigenvalue weighted by Gasteiger charge is -2.53. The second kappa shape index (κ2) is 27.6. The zero-order chi connectivity index (χ0) is 48.7. The Hall–Kier alpha value is -5.66. The van der Waals surface area contributed by atoms with Gasteiger partial charge in [-0.15, -0.1) is 0 Å². The van der Waals surface area contributed by atoms with Gasteiger partial charge in [0.2, 0.25) is 35.4 Å². The summed E-state index contributed by atoms with van der Waals surface area (Å²) in [6, 6.07) is 2.26. The first-order valence-corrected chi connectivity index (χ1v) is 21.6. The number of unbranched alkanes of at least 4 members (excludes halogenated alkanes) is 6. The molecule has 0 radical (unpaired) electrons. The number of methoxy groups -OCH3 is 1. The van der Waals surface area contributed by atoms with Crippen LogP contribution in [0.15, 0.2) is 18.2 Å². The largest absolute Gasteiger partial charge is 0.756 e. The van der Waals surface area contributed by atoms with E-state index in [4.69, 9.17) is 15.9 Å². The third-order valence-corrected chi connectivity index (χ3v) is 10.8. The van der Waals surface area contributed by atoms with Gasteiger partial charge in [-0.1, -0.05) is 0 Å². The molecule has 1 aromatic carbocycles. The summed E-state index contributed by atoms with van der Waals surface area (Å²) in [5.41, 5.74) is 2.18. The van der Waals surface area contributed by atoms with Gasteiger partial charge in [0.15, 0.2) is 5.90 Å². The van der Waals surface area contributed by atoms with Crippen LogP contribution < -0.4 is 32.3 Å². The zero-order valence-corrected chi connectivity index (χ0v) is 37.3. The van der Waals surface area contributed by atoms with Gasteiger partial charge in [-0.2, -0.15) is 0 Å². The first-order valence-electron chi connectivity index (χ1n) is 21.6. The van der Waals surface area contributed by atoms with Crippen LogP contribution in [0.25, 0.3) is 0 Å². The molecule has 0 bridgehead atoms. The minimum atomic E-state index is -2.23. The highest BCUT2D eigenvalue weighted by molar-refractivity contribution is 6.01. The number of aliphatic hydroxyl groups excluding tert-OH is 1. The molecule has 24 heteroatoms. The van der Waals surface area contributed by atoms with Crippen molar-refractivity contribution in [2.45, 2.75) is 115 Å². The van der Waals surface area contributed by atoms with Crippen LogP contribution in [-0.4, -0.2) is 148 Å². The molecule has 1 saturated heterocycles. The number of hydrogen-bond acceptors (Lipinski definition) is 17. The number of phenolic OH excluding ortho intramolecular Hbond substituents is 1. The number of nitrogens with one attached hydrogen (secondary N) is 6. The summed E-state index contributed by atoms with van der Waals surface area (Å²) < 4.78 is 4.83. The topological polar surface area (TPSA) is 378 Å². The number of anilines is 1. The minimum absolute atomic E-state index is 0.00932. The number of phenols is 1. The smallest absolute Gasteiger partial charge is 0.251 e. The number of rotatable bonds is 29. The molecule has 7 amide bonds. The molecule has 1 aromatic rings. The summed E-state index contributed by atoms with van der Waals surface area (Å²) >= 11 is 0. The first kappa shape index (κ1) is 55.5. The van der Waals surface area contributed by atoms with Gasteiger partial charge in [0, 0.05) is 89.2 Å². The quantitative estimate of drug-likeness (QED) is 0.0218. The number of benzene rings is 1. The SMILES string of the molecule is COC(=N)C1C(=O)NC(C)(Nc2cc(O)cc(C(=O)NCCCCCN([O-])C(=O)CCC(=O)NCCCCCN([O-])C(=O)CCC(=O)NCCCCCN([O-])C(C)=O)c2)C(O)(CO)C1N. The van der Waals surface area contributed by atoms with E-state index in [1.165, 1.54) is 32.0 Å². The monoisotopic (exact) mass is 921 g/mol. The molecule has 4 atom stereocenters. The molecule has 0 aliphatic carbocycles. The van der Waals surface area contributed by atoms with E-state index in [1.54, 1.807) is 0 Å². The van der Waals surface area contributed by atoms with Gasteiger partial charge in [-0.05, 0) is 76.8 Å². The van der Waals surface area contributed by atoms with Crippen LogP contribution in [0.1, 0.15) is 108 Å². The van der Waals surface area contributed by atoms with Gasteiger partial charge >= 0.3 is 0 Å². The normalized spacial score (nSPS) is 19.0. The molecule has 0 spiro atoms. The van der Waals surface area contributed by atoms with Crippen molar-refractivity contribution in [2.24, 2.45) is 11.7 Å². The van der Waals surface area contributed by atoms with E-state index in [9.17, 15) is 64.5 Å². The van der Waals surface area contributed by atoms with Gasteiger partial charge in [0.05, 0.1) is 19.8 Å². The Labute approximate surface area is 377 Å². The molecule has 24 nitrogen and oxygen atoms in total. The van der Waals surface area contributed by atoms with Crippen LogP contribution in [-0.2, 0) is 33.5 Å². The predicted octanol–water partition coefficient (Wildman–Crippen LogP) is -0.0267. The Morgan fingerprint density at radius 3 is 1.72 bits per heavy atom. The summed E-state index contributed by atoms with van der Waals surface area (Å²) in [5, 5.41) is 89.6. The fourth-order valence-corrected chi connectivity index (χ4v) is 6.82. The van der Waals surface area contributed by atoms with Crippen LogP contribution in [0.2, 0.25) is 0 Å². The van der Waals surface area contributed by atoms with Crippen molar-refractivity contribution in [1.29, 1.82) is 5.41 Å². The van der Waals surface area contributed by atoms with Crippen LogP contribution >= 0.6 is 0 Å². The zero-order valence-electron chi connectivity index (χ0n) is 37.3. The van der Waals surface area contributed by atoms with Crippen LogP contribution in [0, 0.1) is 26.9 Å². The van der Waals surface area contributed by atoms with Gasteiger partial charge < -0.3 is 83.2 Å². The van der Waals surface area contributed by atoms with Gasteiger partial charge in [0.25, 0.3) is 5.91 Å². The fourth-order valence-electron chi connectivity index (χ4n) is 6.82. The molecule has 2 rings (SSSR count). The van der Waals surface area contributed by atoms with Crippen LogP contribution in [0.3, 0.4) is 0 Å². The predicted molar refractivity (Wildman–Crippen MR) is 236 cm³/mol. The van der Waals surface area contributed by atoms with Gasteiger partial charge in [-0.25, -0.2) is 0 Å². The molecule has 65 heavy (non-hydrogen) atoms. The van der Waals surface area contributed by atoms with Crippen molar-refractivity contribution in [3.63, 3.8) is 0 Å². The standard InChI is InChI=1S/C41H65N10O14/c1-27(53)49(62)20-10-4-7-17-44-31(55)13-15-33(57)50(63)21-11-5-8-18-45-32(56)14-16-34(58)51(64)22-12-6-9-19-46-38(59)28-23-29(25-30(54)24-28)47-40(2)41(61,26-52)36(42)35(37(43)65-3)39(60)48-40/h23-25,35-36,43,47,52,54,61H,4-22,26,42H2,1-3H3,(H,44,55)(H,45,56)(H,46,59)(H,48,60)/q-3. The maximum Gasteiger partial charge on any atom is 0.251 e. The number of carbonyl (C=O) groups excluding carboxylic acids is 7. The van der Waals surface area contributed by atoms with Gasteiger partial charge in [-0.3, -0.25) is 39.0 Å². The van der Waals surface area contributed by atoms with Crippen molar-refractivity contribution >= 4 is 52.9 Å². The number of nitrogens with two attached hydrogens (primary N) is 1. The molecule has 366 valence electrons. The molecule has 0 aromatic heterocycles. The summed E-state index contributed by atoms with van der Waals surface area (Å²) in [4.78, 5) is 85.1. The van der Waals surface area contributed by atoms with E-state index in [0.29, 0.717) is 74.5 Å². The van der Waals surface area contributed by atoms with E-state index in [2.05, 4.69) is 26.6 Å². The number of aromatic hydroxyl groups is 1. The second-order valence-electron chi connectivity index (χ2n) is 15.9. The van der Waals surface area contributed by atoms with Crippen molar-refractivity contribution in [3.05, 3.63) is 39.4 Å². The summed E-state index contributed by atoms with van der Waals surface area (Å²) in [7, 11) is 1.16. The van der Waals surface area contributed by atoms with Gasteiger partial charge in [0.1, 0.15) is 22.9 Å². The molecule has 1 aliphatic rings. The summed E-state index contributed by atoms with van der Waals surface area (Å²) in [5.74, 6) is -6.45. The average Bonchev–Trinajstić information content (AvgIpc) is 3.26. The first-order chi connectivity index (χ1) is 30.7. The van der Waals surface area contributed by atoms with Crippen molar-refractivity contribution in [2.75, 3.05) is 58.3 Å². The number of amides is 7. The lowest BCUT2D eigenvalue weighted by Crippen LogP contribution is -2.81. The van der Waals surface area contributed by atoms with Crippen molar-refractivity contribution in [3.8, 4) is 5.75 Å². The highest BCUT2D eigenvalue weighted by Crippen LogP contribution is 2.35. The summed E-state index contributed by atoms with van der Waals surface area (Å²) in [6.45, 7) is 2.27. The van der Waals surface area contributed by atoms with Crippen molar-refractivity contribution in [1.82, 2.24) is 36.5 Å². The number of hydroxylamine groups is 6. The molecular weight excluding hydrogens is 857 g/mol. The van der Waals surface area contributed by atoms with Crippen LogP contribution in [0.4, 0.5) is 5.69 Å². The molecular formula is C41H65N10O14-3. The fraction of sp³-hybridized carbons (Fsp3) is 0.659. The molecule has 11 N–H and O–H groups in total. The number of ether oxygens (including phenoxy) is 1. The van der Waals surface area contributed by atoms with E-state index in [1.807, 2.05) is 0 Å². The van der Waals surface area contributed by atoms with E-state index < -0.39 is 71.2 Å². The molecule has 4 unspecified atom stereocenters. The molecule has 1 heterocycles. The second-order valence-corrected chi connectivity index (χ2v) is 15.9. The minimum Gasteiger partial charge on any atom is -0.756 e. The highest BCUT2D eigenvalue weighted by Gasteiger charge is 2.61. The summed E-state index contributed by atoms with van der Waals surface area (Å²) in [6.07, 6.45) is 3.48. The Balaban J connectivity index is 1.59. The molecule has 0 saturated carbocycles. The number of nitrogens with zero attached hydrogens (tertiary/aromatic N) is 3. The lowest BCUT2D eigenvalue weighted by atomic mass is 9.72. The average molecular weight is 922 g/mol. The van der Waals surface area contributed by atoms with Crippen molar-refractivity contribution < 1.29 is 53.6 Å². The highest BCUT2D eigenvalue weighted by atomic mass is 16.5. The lowest BCUT2D eigenvalue weighted by molar-refractivity contribution is -0.152. The number of carbonyl (C=O) groups is 7. The van der Waals surface area contributed by atoms with E-state index >= 15 is 0 Å². The third kappa shape index (κ3) is 18.0. The van der Waals surface area contributed by atoms with E-state index in [0.717, 1.165) is 7.11 Å². The number of hydrogen-bond donors (Lipinski definition) is 10. The Bertz CT molecular complexity index is 1790. The van der Waals surface area contributed by atoms with E-state index in [-0.39, 0.29) is 86.4 Å². The molecule has 1 aliphatic heterocycles. The maximum atomic E-state index is 12.9. The Morgan fingerprint density at radius 1 is 0.785 bits per heavy atom. The Kier molecular flexibility index (Phi) is 23.6. The van der Waals surface area contributed by atoms with Crippen LogP contribution in [0.5, 0.6) is 5.75 Å². The third-order valence-electron chi connectivity index (χ3n) is 10.8. The number of piperidine rings is 1. The maximum absolute atomic E-state index is 12.9. The number of aliphatic hydroxyl groups is 2. The molecule has 1 fully saturated rings. The Morgan fingerprint density at radius 2 is 1.26 bits per heavy atom.